The monoisotopic (exact) mass is 396 g/mol. The summed E-state index contributed by atoms with van der Waals surface area (Å²) in [5, 5.41) is 4.66. The third-order valence-electron chi connectivity index (χ3n) is 7.03. The number of fused-ring (bicyclic) bond motifs is 2. The molecule has 0 bridgehead atoms. The average molecular weight is 397 g/mol. The lowest BCUT2D eigenvalue weighted by Crippen LogP contribution is -2.58. The van der Waals surface area contributed by atoms with Crippen molar-refractivity contribution in [2.45, 2.75) is 71.0 Å². The highest BCUT2D eigenvalue weighted by Gasteiger charge is 2.50. The van der Waals surface area contributed by atoms with E-state index in [9.17, 15) is 4.79 Å². The molecule has 7 nitrogen and oxygen atoms in total. The number of amides is 1. The fraction of sp³-hybridized carbons (Fsp3) is 0.682. The molecule has 2 aromatic heterocycles. The van der Waals surface area contributed by atoms with Crippen molar-refractivity contribution in [2.75, 3.05) is 19.6 Å². The topological polar surface area (TPSA) is 70.1 Å². The van der Waals surface area contributed by atoms with Crippen LogP contribution in [0.1, 0.15) is 61.7 Å². The van der Waals surface area contributed by atoms with Crippen molar-refractivity contribution in [1.29, 1.82) is 0 Å². The van der Waals surface area contributed by atoms with E-state index in [4.69, 9.17) is 4.98 Å². The number of carbonyl (C=O) groups excluding carboxylic acids is 1. The van der Waals surface area contributed by atoms with Crippen LogP contribution in [0, 0.1) is 12.8 Å². The van der Waals surface area contributed by atoms with Crippen LogP contribution >= 0.6 is 0 Å². The number of aromatic amines is 1. The Morgan fingerprint density at radius 1 is 1.28 bits per heavy atom. The maximum atomic E-state index is 13.1. The third kappa shape index (κ3) is 3.29. The Bertz CT molecular complexity index is 887. The van der Waals surface area contributed by atoms with Gasteiger partial charge in [0.2, 0.25) is 5.91 Å². The van der Waals surface area contributed by atoms with Gasteiger partial charge in [0.1, 0.15) is 0 Å². The second kappa shape index (κ2) is 7.27. The first-order chi connectivity index (χ1) is 14.1. The van der Waals surface area contributed by atoms with E-state index in [0.717, 1.165) is 82.6 Å². The zero-order valence-corrected chi connectivity index (χ0v) is 17.7. The van der Waals surface area contributed by atoms with Crippen molar-refractivity contribution >= 4 is 5.91 Å². The fourth-order valence-electron chi connectivity index (χ4n) is 5.24. The standard InChI is InChI=1S/C22H32N6O/c1-3-9-27-14-18(16(2)25-27)13-26-11-7-22(8-12-26)20-19(23-15-24-20)6-10-28(22)21(29)17-4-5-17/h14-15,17H,3-13H2,1-2H3,(H,23,24). The molecule has 1 amide bonds. The molecule has 2 fully saturated rings. The minimum absolute atomic E-state index is 0.217. The lowest BCUT2D eigenvalue weighted by atomic mass is 9.78. The van der Waals surface area contributed by atoms with Gasteiger partial charge in [-0.1, -0.05) is 6.92 Å². The number of piperidine rings is 1. The van der Waals surface area contributed by atoms with Crippen LogP contribution in [0.3, 0.4) is 0 Å². The summed E-state index contributed by atoms with van der Waals surface area (Å²) < 4.78 is 2.07. The minimum atomic E-state index is -0.217. The number of H-pyrrole nitrogens is 1. The number of likely N-dealkylation sites (tertiary alicyclic amines) is 1. The summed E-state index contributed by atoms with van der Waals surface area (Å²) >= 11 is 0. The van der Waals surface area contributed by atoms with E-state index in [1.165, 1.54) is 11.3 Å². The van der Waals surface area contributed by atoms with Gasteiger partial charge in [-0.15, -0.1) is 0 Å². The van der Waals surface area contributed by atoms with Crippen LogP contribution in [0.2, 0.25) is 0 Å². The Morgan fingerprint density at radius 2 is 2.07 bits per heavy atom. The van der Waals surface area contributed by atoms with Crippen LogP contribution in [-0.4, -0.2) is 55.1 Å². The highest BCUT2D eigenvalue weighted by Crippen LogP contribution is 2.45. The number of hydrogen-bond acceptors (Lipinski definition) is 4. The largest absolute Gasteiger partial charge is 0.348 e. The van der Waals surface area contributed by atoms with Gasteiger partial charge in [-0.25, -0.2) is 4.98 Å². The van der Waals surface area contributed by atoms with Crippen LogP contribution in [-0.2, 0) is 29.8 Å². The first kappa shape index (κ1) is 18.9. The van der Waals surface area contributed by atoms with Crippen molar-refractivity contribution in [1.82, 2.24) is 29.5 Å². The number of aryl methyl sites for hydroxylation is 2. The smallest absolute Gasteiger partial charge is 0.226 e. The first-order valence-electron chi connectivity index (χ1n) is 11.2. The first-order valence-corrected chi connectivity index (χ1v) is 11.2. The number of rotatable bonds is 5. The van der Waals surface area contributed by atoms with Crippen LogP contribution in [0.25, 0.3) is 0 Å². The molecule has 0 radical (unpaired) electrons. The molecule has 5 rings (SSSR count). The summed E-state index contributed by atoms with van der Waals surface area (Å²) in [5.74, 6) is 0.626. The van der Waals surface area contributed by atoms with Gasteiger partial charge >= 0.3 is 0 Å². The van der Waals surface area contributed by atoms with E-state index in [1.54, 1.807) is 0 Å². The van der Waals surface area contributed by atoms with Gasteiger partial charge in [0.15, 0.2) is 0 Å². The van der Waals surface area contributed by atoms with E-state index >= 15 is 0 Å². The van der Waals surface area contributed by atoms with Gasteiger partial charge in [0.05, 0.1) is 23.3 Å². The Balaban J connectivity index is 1.34. The molecule has 1 saturated carbocycles. The summed E-state index contributed by atoms with van der Waals surface area (Å²) in [6.07, 6.45) is 10.1. The van der Waals surface area contributed by atoms with E-state index < -0.39 is 0 Å². The van der Waals surface area contributed by atoms with Gasteiger partial charge in [-0.05, 0) is 39.0 Å². The summed E-state index contributed by atoms with van der Waals surface area (Å²) in [5.41, 5.74) is 4.60. The predicted octanol–water partition coefficient (Wildman–Crippen LogP) is 2.61. The van der Waals surface area contributed by atoms with E-state index in [0.29, 0.717) is 5.91 Å². The second-order valence-corrected chi connectivity index (χ2v) is 9.05. The molecule has 156 valence electrons. The van der Waals surface area contributed by atoms with Gasteiger partial charge < -0.3 is 9.88 Å². The molecule has 0 aromatic carbocycles. The summed E-state index contributed by atoms with van der Waals surface area (Å²) in [6.45, 7) is 9.01. The molecule has 1 aliphatic carbocycles. The second-order valence-electron chi connectivity index (χ2n) is 9.05. The molecule has 1 spiro atoms. The predicted molar refractivity (Wildman–Crippen MR) is 110 cm³/mol. The van der Waals surface area contributed by atoms with Gasteiger partial charge in [-0.2, -0.15) is 5.10 Å². The van der Waals surface area contributed by atoms with Crippen molar-refractivity contribution in [3.63, 3.8) is 0 Å². The third-order valence-corrected chi connectivity index (χ3v) is 7.03. The van der Waals surface area contributed by atoms with Crippen LogP contribution in [0.15, 0.2) is 12.5 Å². The Hall–Kier alpha value is -2.15. The Labute approximate surface area is 172 Å². The SMILES string of the molecule is CCCn1cc(CN2CCC3(CC2)c2nc[nH]c2CCN3C(=O)C2CC2)c(C)n1. The average Bonchev–Trinajstić information content (AvgIpc) is 3.36. The number of nitrogens with zero attached hydrogens (tertiary/aromatic N) is 5. The molecule has 2 aliphatic heterocycles. The van der Waals surface area contributed by atoms with Gasteiger partial charge in [0.25, 0.3) is 0 Å². The molecule has 3 aliphatic rings. The van der Waals surface area contributed by atoms with Gasteiger partial charge in [-0.3, -0.25) is 14.4 Å². The van der Waals surface area contributed by atoms with Crippen LogP contribution in [0.4, 0.5) is 0 Å². The Morgan fingerprint density at radius 3 is 2.79 bits per heavy atom. The Kier molecular flexibility index (Phi) is 4.73. The molecule has 4 heterocycles. The van der Waals surface area contributed by atoms with Crippen LogP contribution < -0.4 is 0 Å². The molecular weight excluding hydrogens is 364 g/mol. The molecule has 0 unspecified atom stereocenters. The van der Waals surface area contributed by atoms with Crippen molar-refractivity contribution < 1.29 is 4.79 Å². The minimum Gasteiger partial charge on any atom is -0.348 e. The molecule has 29 heavy (non-hydrogen) atoms. The normalized spacial score (nSPS) is 21.5. The zero-order chi connectivity index (χ0) is 20.0. The summed E-state index contributed by atoms with van der Waals surface area (Å²) in [7, 11) is 0. The molecular formula is C22H32N6O. The molecule has 2 aromatic rings. The number of nitrogens with one attached hydrogen (secondary N) is 1. The van der Waals surface area contributed by atoms with E-state index in [1.807, 2.05) is 6.33 Å². The molecule has 1 saturated heterocycles. The van der Waals surface area contributed by atoms with Crippen molar-refractivity contribution in [3.05, 3.63) is 35.2 Å². The van der Waals surface area contributed by atoms with E-state index in [2.05, 4.69) is 44.6 Å². The summed E-state index contributed by atoms with van der Waals surface area (Å²) in [4.78, 5) is 25.9. The molecule has 1 N–H and O–H groups in total. The number of aromatic nitrogens is 4. The van der Waals surface area contributed by atoms with Gasteiger partial charge in [0, 0.05) is 62.5 Å². The number of hydrogen-bond donors (Lipinski definition) is 1. The number of carbonyl (C=O) groups is 1. The lowest BCUT2D eigenvalue weighted by Gasteiger charge is -2.50. The van der Waals surface area contributed by atoms with Crippen molar-refractivity contribution in [3.8, 4) is 0 Å². The maximum absolute atomic E-state index is 13.1. The lowest BCUT2D eigenvalue weighted by molar-refractivity contribution is -0.143. The van der Waals surface area contributed by atoms with E-state index in [-0.39, 0.29) is 11.5 Å². The molecule has 7 heteroatoms. The maximum Gasteiger partial charge on any atom is 0.226 e. The van der Waals surface area contributed by atoms with Crippen LogP contribution in [0.5, 0.6) is 0 Å². The quantitative estimate of drug-likeness (QED) is 0.843. The fourth-order valence-corrected chi connectivity index (χ4v) is 5.24. The molecule has 0 atom stereocenters. The highest BCUT2D eigenvalue weighted by atomic mass is 16.2. The van der Waals surface area contributed by atoms with Crippen molar-refractivity contribution in [2.24, 2.45) is 5.92 Å². The summed E-state index contributed by atoms with van der Waals surface area (Å²) in [6, 6.07) is 0. The highest BCUT2D eigenvalue weighted by molar-refractivity contribution is 5.82. The zero-order valence-electron chi connectivity index (χ0n) is 17.7. The number of imidazole rings is 1.